The van der Waals surface area contributed by atoms with Gasteiger partial charge >= 0.3 is 0 Å². The summed E-state index contributed by atoms with van der Waals surface area (Å²) in [5.74, 6) is 0. The van der Waals surface area contributed by atoms with E-state index in [4.69, 9.17) is 0 Å². The first-order valence-electron chi connectivity index (χ1n) is 8.19. The molecule has 2 nitrogen and oxygen atoms in total. The second-order valence-electron chi connectivity index (χ2n) is 5.63. The maximum absolute atomic E-state index is 9.67. The second-order valence-corrected chi connectivity index (χ2v) is 5.63. The quantitative estimate of drug-likeness (QED) is 0.358. The molecule has 0 rings (SSSR count). The van der Waals surface area contributed by atoms with Crippen molar-refractivity contribution in [3.05, 3.63) is 12.7 Å². The van der Waals surface area contributed by atoms with Crippen LogP contribution in [0, 0.1) is 0 Å². The van der Waals surface area contributed by atoms with Gasteiger partial charge in [0.25, 0.3) is 0 Å². The van der Waals surface area contributed by atoms with Gasteiger partial charge in [0.05, 0.1) is 12.2 Å². The van der Waals surface area contributed by atoms with Crippen molar-refractivity contribution in [1.82, 2.24) is 0 Å². The van der Waals surface area contributed by atoms with E-state index in [0.29, 0.717) is 12.8 Å². The number of aliphatic hydroxyl groups is 2. The van der Waals surface area contributed by atoms with Crippen LogP contribution in [0.4, 0.5) is 0 Å². The minimum atomic E-state index is -0.629. The Kier molecular flexibility index (Phi) is 13.8. The van der Waals surface area contributed by atoms with Crippen molar-refractivity contribution in [1.29, 1.82) is 0 Å². The zero-order valence-electron chi connectivity index (χ0n) is 12.8. The molecule has 0 aliphatic rings. The van der Waals surface area contributed by atoms with Crippen LogP contribution in [-0.2, 0) is 0 Å². The van der Waals surface area contributed by atoms with Gasteiger partial charge in [-0.1, -0.05) is 77.2 Å². The summed E-state index contributed by atoms with van der Waals surface area (Å²) in [5.41, 5.74) is 0. The van der Waals surface area contributed by atoms with Crippen molar-refractivity contribution in [2.75, 3.05) is 0 Å². The van der Waals surface area contributed by atoms with E-state index in [2.05, 4.69) is 13.5 Å². The summed E-state index contributed by atoms with van der Waals surface area (Å²) in [5, 5.41) is 19.2. The number of aliphatic hydroxyl groups excluding tert-OH is 2. The van der Waals surface area contributed by atoms with Crippen LogP contribution in [0.2, 0.25) is 0 Å². The van der Waals surface area contributed by atoms with Gasteiger partial charge in [-0.25, -0.2) is 0 Å². The van der Waals surface area contributed by atoms with Crippen LogP contribution in [-0.4, -0.2) is 22.4 Å². The summed E-state index contributed by atoms with van der Waals surface area (Å²) >= 11 is 0. The Morgan fingerprint density at radius 1 is 0.789 bits per heavy atom. The van der Waals surface area contributed by atoms with Crippen LogP contribution in [0.25, 0.3) is 0 Å². The molecule has 19 heavy (non-hydrogen) atoms. The summed E-state index contributed by atoms with van der Waals surface area (Å²) in [4.78, 5) is 0. The second kappa shape index (κ2) is 14.1. The highest BCUT2D eigenvalue weighted by atomic mass is 16.3. The van der Waals surface area contributed by atoms with Crippen molar-refractivity contribution >= 4 is 0 Å². The zero-order valence-corrected chi connectivity index (χ0v) is 12.8. The summed E-state index contributed by atoms with van der Waals surface area (Å²) < 4.78 is 0. The molecule has 0 unspecified atom stereocenters. The van der Waals surface area contributed by atoms with Crippen LogP contribution in [0.15, 0.2) is 12.7 Å². The minimum absolute atomic E-state index is 0.485. The third-order valence-corrected chi connectivity index (χ3v) is 3.71. The van der Waals surface area contributed by atoms with Gasteiger partial charge in [-0.15, -0.1) is 6.58 Å². The molecule has 0 aliphatic carbocycles. The molecule has 0 aromatic carbocycles. The largest absolute Gasteiger partial charge is 0.390 e. The molecule has 0 aliphatic heterocycles. The monoisotopic (exact) mass is 270 g/mol. The molecule has 2 atom stereocenters. The topological polar surface area (TPSA) is 40.5 Å². The molecule has 0 aromatic rings. The van der Waals surface area contributed by atoms with Gasteiger partial charge in [-0.2, -0.15) is 0 Å². The standard InChI is InChI=1S/C17H34O2/c1-3-5-6-7-8-9-10-11-12-13-15-17(19)16(18)14-4-2/h4,16-19H,2-3,5-15H2,1H3/t16-,17-/m1/s1. The molecule has 0 heterocycles. The van der Waals surface area contributed by atoms with Gasteiger partial charge < -0.3 is 10.2 Å². The molecule has 0 saturated heterocycles. The Bertz CT molecular complexity index is 192. The molecule has 0 fully saturated rings. The van der Waals surface area contributed by atoms with E-state index in [9.17, 15) is 10.2 Å². The summed E-state index contributed by atoms with van der Waals surface area (Å²) in [6.45, 7) is 5.82. The Labute approximate surface area is 119 Å². The number of rotatable bonds is 14. The van der Waals surface area contributed by atoms with Crippen LogP contribution in [0.1, 0.15) is 84.0 Å². The molecule has 0 bridgehead atoms. The first-order valence-corrected chi connectivity index (χ1v) is 8.19. The average molecular weight is 270 g/mol. The lowest BCUT2D eigenvalue weighted by molar-refractivity contribution is 0.0153. The van der Waals surface area contributed by atoms with Crippen molar-refractivity contribution in [3.63, 3.8) is 0 Å². The Hall–Kier alpha value is -0.340. The lowest BCUT2D eigenvalue weighted by atomic mass is 10.0. The molecule has 0 aromatic heterocycles. The lowest BCUT2D eigenvalue weighted by Gasteiger charge is -2.15. The predicted molar refractivity (Wildman–Crippen MR) is 83.3 cm³/mol. The van der Waals surface area contributed by atoms with Gasteiger partial charge in [-0.05, 0) is 12.8 Å². The smallest absolute Gasteiger partial charge is 0.0833 e. The van der Waals surface area contributed by atoms with E-state index in [-0.39, 0.29) is 0 Å². The third-order valence-electron chi connectivity index (χ3n) is 3.71. The number of hydrogen-bond acceptors (Lipinski definition) is 2. The van der Waals surface area contributed by atoms with E-state index in [1.807, 2.05) is 0 Å². The first-order chi connectivity index (χ1) is 9.22. The van der Waals surface area contributed by atoms with Crippen LogP contribution < -0.4 is 0 Å². The van der Waals surface area contributed by atoms with Gasteiger partial charge in [0.2, 0.25) is 0 Å². The highest BCUT2D eigenvalue weighted by Crippen LogP contribution is 2.13. The third kappa shape index (κ3) is 12.4. The van der Waals surface area contributed by atoms with E-state index < -0.39 is 12.2 Å². The van der Waals surface area contributed by atoms with Crippen molar-refractivity contribution in [3.8, 4) is 0 Å². The zero-order chi connectivity index (χ0) is 14.3. The van der Waals surface area contributed by atoms with Gasteiger partial charge in [0.1, 0.15) is 0 Å². The fourth-order valence-corrected chi connectivity index (χ4v) is 2.36. The van der Waals surface area contributed by atoms with Gasteiger partial charge in [0.15, 0.2) is 0 Å². The van der Waals surface area contributed by atoms with E-state index in [1.165, 1.54) is 57.8 Å². The molecule has 2 N–H and O–H groups in total. The maximum Gasteiger partial charge on any atom is 0.0833 e. The summed E-state index contributed by atoms with van der Waals surface area (Å²) in [6.07, 6.45) is 14.6. The SMILES string of the molecule is C=CC[C@@H](O)[C@H](O)CCCCCCCCCCCC. The number of unbranched alkanes of at least 4 members (excludes halogenated alkanes) is 9. The molecule has 0 spiro atoms. The molecule has 0 radical (unpaired) electrons. The molecule has 0 amide bonds. The van der Waals surface area contributed by atoms with Crippen LogP contribution in [0.5, 0.6) is 0 Å². The van der Waals surface area contributed by atoms with Crippen LogP contribution >= 0.6 is 0 Å². The molecule has 2 heteroatoms. The summed E-state index contributed by atoms with van der Waals surface area (Å²) in [7, 11) is 0. The van der Waals surface area contributed by atoms with Crippen molar-refractivity contribution in [2.24, 2.45) is 0 Å². The van der Waals surface area contributed by atoms with Crippen molar-refractivity contribution in [2.45, 2.75) is 96.2 Å². The highest BCUT2D eigenvalue weighted by molar-refractivity contribution is 4.77. The lowest BCUT2D eigenvalue weighted by Crippen LogP contribution is -2.24. The first kappa shape index (κ1) is 18.7. The van der Waals surface area contributed by atoms with E-state index in [0.717, 1.165) is 6.42 Å². The van der Waals surface area contributed by atoms with E-state index >= 15 is 0 Å². The average Bonchev–Trinajstić information content (AvgIpc) is 2.41. The minimum Gasteiger partial charge on any atom is -0.390 e. The molecule has 0 saturated carbocycles. The van der Waals surface area contributed by atoms with E-state index in [1.54, 1.807) is 6.08 Å². The highest BCUT2D eigenvalue weighted by Gasteiger charge is 2.13. The normalized spacial score (nSPS) is 14.3. The van der Waals surface area contributed by atoms with Crippen LogP contribution in [0.3, 0.4) is 0 Å². The molecule has 114 valence electrons. The Morgan fingerprint density at radius 3 is 1.74 bits per heavy atom. The van der Waals surface area contributed by atoms with Crippen molar-refractivity contribution < 1.29 is 10.2 Å². The predicted octanol–water partition coefficient (Wildman–Crippen LogP) is 4.60. The molecular formula is C17H34O2. The number of hydrogen-bond donors (Lipinski definition) is 2. The Balaban J connectivity index is 3.20. The fraction of sp³-hybridized carbons (Fsp3) is 0.882. The Morgan fingerprint density at radius 2 is 1.26 bits per heavy atom. The maximum atomic E-state index is 9.67. The van der Waals surface area contributed by atoms with Gasteiger partial charge in [0, 0.05) is 0 Å². The fourth-order valence-electron chi connectivity index (χ4n) is 2.36. The van der Waals surface area contributed by atoms with Gasteiger partial charge in [-0.3, -0.25) is 0 Å². The molecular weight excluding hydrogens is 236 g/mol. The summed E-state index contributed by atoms with van der Waals surface area (Å²) in [6, 6.07) is 0.